The molecule has 1 fully saturated rings. The summed E-state index contributed by atoms with van der Waals surface area (Å²) in [7, 11) is 3.50. The van der Waals surface area contributed by atoms with Gasteiger partial charge in [0.1, 0.15) is 11.9 Å². The van der Waals surface area contributed by atoms with Gasteiger partial charge in [0.25, 0.3) is 0 Å². The zero-order chi connectivity index (χ0) is 17.4. The minimum atomic E-state index is -0.361. The molecule has 0 aromatic carbocycles. The van der Waals surface area contributed by atoms with Gasteiger partial charge in [-0.05, 0) is 47.6 Å². The fraction of sp³-hybridized carbons (Fsp3) is 0.875. The van der Waals surface area contributed by atoms with Crippen LogP contribution in [-0.4, -0.2) is 63.3 Å². The number of amides is 1. The van der Waals surface area contributed by atoms with Crippen molar-refractivity contribution >= 4 is 12.4 Å². The topological polar surface area (TPSA) is 67.9 Å². The van der Waals surface area contributed by atoms with E-state index in [0.29, 0.717) is 6.42 Å². The molecule has 1 rings (SSSR count). The quantitative estimate of drug-likeness (QED) is 0.637. The first-order chi connectivity index (χ1) is 10.3. The summed E-state index contributed by atoms with van der Waals surface area (Å²) in [6.45, 7) is 11.0. The van der Waals surface area contributed by atoms with Crippen LogP contribution >= 0.6 is 0 Å². The van der Waals surface area contributed by atoms with Gasteiger partial charge in [-0.3, -0.25) is 0 Å². The number of nitrogens with one attached hydrogen (secondary N) is 1. The largest absolute Gasteiger partial charge is 0.444 e. The summed E-state index contributed by atoms with van der Waals surface area (Å²) >= 11 is 0. The Kier molecular flexibility index (Phi) is 15.5. The van der Waals surface area contributed by atoms with Gasteiger partial charge in [-0.15, -0.1) is 0 Å². The van der Waals surface area contributed by atoms with Crippen LogP contribution in [0.15, 0.2) is 0 Å². The van der Waals surface area contributed by atoms with Crippen molar-refractivity contribution in [2.24, 2.45) is 0 Å². The fourth-order valence-corrected chi connectivity index (χ4v) is 1.43. The van der Waals surface area contributed by atoms with Crippen LogP contribution < -0.4 is 5.32 Å². The number of likely N-dealkylation sites (tertiary alicyclic amines) is 1. The molecule has 0 saturated carbocycles. The van der Waals surface area contributed by atoms with Gasteiger partial charge in [0.05, 0.1) is 0 Å². The zero-order valence-corrected chi connectivity index (χ0v) is 15.1. The number of nitrogens with zero attached hydrogens (tertiary/aromatic N) is 1. The number of aldehydes is 1. The van der Waals surface area contributed by atoms with Gasteiger partial charge in [0.15, 0.2) is 0 Å². The molecule has 132 valence electrons. The molecule has 6 nitrogen and oxygen atoms in total. The van der Waals surface area contributed by atoms with Crippen molar-refractivity contribution in [3.8, 4) is 0 Å². The number of ether oxygens (including phenoxy) is 2. The number of hydrogen-bond acceptors (Lipinski definition) is 5. The van der Waals surface area contributed by atoms with Crippen LogP contribution in [0.3, 0.4) is 0 Å². The Hall–Kier alpha value is -1.14. The number of hydrogen-bond donors (Lipinski definition) is 1. The highest BCUT2D eigenvalue weighted by atomic mass is 16.6. The standard InChI is InChI=1S/C9H17NO2.C4H9NO.C3H8O/c1-9(2,3)12-8(11)10-6-4-5-7-10;1-5-3-2-4-6;1-3-4-2/h4-7H2,1-3H3;4-5H,2-3H2,1H3;3H2,1-2H3. The first kappa shape index (κ1) is 23.1. The molecule has 1 amide bonds. The highest BCUT2D eigenvalue weighted by Crippen LogP contribution is 2.14. The lowest BCUT2D eigenvalue weighted by Gasteiger charge is -2.23. The Morgan fingerprint density at radius 2 is 1.77 bits per heavy atom. The predicted octanol–water partition coefficient (Wildman–Crippen LogP) is 2.46. The second-order valence-electron chi connectivity index (χ2n) is 5.81. The normalized spacial score (nSPS) is 13.5. The average molecular weight is 318 g/mol. The molecular formula is C16H34N2O4. The molecule has 0 bridgehead atoms. The molecule has 22 heavy (non-hydrogen) atoms. The van der Waals surface area contributed by atoms with Crippen molar-refractivity contribution in [1.82, 2.24) is 10.2 Å². The Morgan fingerprint density at radius 3 is 2.05 bits per heavy atom. The van der Waals surface area contributed by atoms with Gasteiger partial charge < -0.3 is 24.5 Å². The Labute approximate surface area is 135 Å². The maximum Gasteiger partial charge on any atom is 0.410 e. The molecule has 0 aliphatic carbocycles. The van der Waals surface area contributed by atoms with Crippen LogP contribution in [0.1, 0.15) is 47.0 Å². The second kappa shape index (κ2) is 14.8. The minimum Gasteiger partial charge on any atom is -0.444 e. The SMILES string of the molecule is CC(C)(C)OC(=O)N1CCCC1.CCOC.CNCCC=O. The lowest BCUT2D eigenvalue weighted by molar-refractivity contribution is -0.107. The third kappa shape index (κ3) is 16.9. The smallest absolute Gasteiger partial charge is 0.410 e. The predicted molar refractivity (Wildman–Crippen MR) is 89.2 cm³/mol. The van der Waals surface area contributed by atoms with E-state index >= 15 is 0 Å². The maximum atomic E-state index is 11.4. The van der Waals surface area contributed by atoms with Crippen molar-refractivity contribution in [2.75, 3.05) is 40.4 Å². The van der Waals surface area contributed by atoms with E-state index in [0.717, 1.165) is 45.4 Å². The van der Waals surface area contributed by atoms with E-state index in [4.69, 9.17) is 4.74 Å². The summed E-state index contributed by atoms with van der Waals surface area (Å²) < 4.78 is 9.75. The molecule has 1 aliphatic rings. The van der Waals surface area contributed by atoms with E-state index in [1.165, 1.54) is 0 Å². The van der Waals surface area contributed by atoms with Crippen LogP contribution in [0.2, 0.25) is 0 Å². The Morgan fingerprint density at radius 1 is 1.27 bits per heavy atom. The van der Waals surface area contributed by atoms with Gasteiger partial charge in [-0.25, -0.2) is 4.79 Å². The molecule has 0 aromatic rings. The Bertz CT molecular complexity index is 270. The van der Waals surface area contributed by atoms with E-state index < -0.39 is 0 Å². The molecule has 0 spiro atoms. The van der Waals surface area contributed by atoms with Crippen LogP contribution in [0.4, 0.5) is 4.79 Å². The van der Waals surface area contributed by atoms with Crippen molar-refractivity contribution in [3.05, 3.63) is 0 Å². The molecule has 0 atom stereocenters. The molecule has 1 aliphatic heterocycles. The molecule has 0 radical (unpaired) electrons. The fourth-order valence-electron chi connectivity index (χ4n) is 1.43. The van der Waals surface area contributed by atoms with Crippen molar-refractivity contribution < 1.29 is 19.1 Å². The number of rotatable bonds is 4. The molecule has 1 N–H and O–H groups in total. The van der Waals surface area contributed by atoms with Gasteiger partial charge in [0, 0.05) is 39.8 Å². The lowest BCUT2D eigenvalue weighted by Crippen LogP contribution is -2.34. The highest BCUT2D eigenvalue weighted by molar-refractivity contribution is 5.68. The van der Waals surface area contributed by atoms with E-state index in [1.807, 2.05) is 34.7 Å². The molecule has 0 unspecified atom stereocenters. The third-order valence-electron chi connectivity index (χ3n) is 2.56. The summed E-state index contributed by atoms with van der Waals surface area (Å²) in [5.41, 5.74) is -0.361. The van der Waals surface area contributed by atoms with Crippen LogP contribution in [0, 0.1) is 0 Å². The number of methoxy groups -OCH3 is 1. The minimum absolute atomic E-state index is 0.167. The summed E-state index contributed by atoms with van der Waals surface area (Å²) in [5.74, 6) is 0. The van der Waals surface area contributed by atoms with E-state index in [9.17, 15) is 9.59 Å². The summed E-state index contributed by atoms with van der Waals surface area (Å²) in [6, 6.07) is 0. The molecule has 1 saturated heterocycles. The van der Waals surface area contributed by atoms with Gasteiger partial charge >= 0.3 is 6.09 Å². The van der Waals surface area contributed by atoms with Crippen LogP contribution in [0.5, 0.6) is 0 Å². The zero-order valence-electron chi connectivity index (χ0n) is 15.1. The lowest BCUT2D eigenvalue weighted by atomic mass is 10.2. The van der Waals surface area contributed by atoms with E-state index in [2.05, 4.69) is 10.1 Å². The summed E-state index contributed by atoms with van der Waals surface area (Å²) in [6.07, 6.45) is 3.57. The van der Waals surface area contributed by atoms with Crippen molar-refractivity contribution in [1.29, 1.82) is 0 Å². The second-order valence-corrected chi connectivity index (χ2v) is 5.81. The summed E-state index contributed by atoms with van der Waals surface area (Å²) in [5, 5.41) is 2.84. The maximum absolute atomic E-state index is 11.4. The van der Waals surface area contributed by atoms with Crippen molar-refractivity contribution in [2.45, 2.75) is 52.6 Å². The van der Waals surface area contributed by atoms with Gasteiger partial charge in [-0.1, -0.05) is 0 Å². The molecule has 0 aromatic heterocycles. The van der Waals surface area contributed by atoms with Crippen LogP contribution in [0.25, 0.3) is 0 Å². The molecular weight excluding hydrogens is 284 g/mol. The Balaban J connectivity index is 0. The van der Waals surface area contributed by atoms with Crippen molar-refractivity contribution in [3.63, 3.8) is 0 Å². The average Bonchev–Trinajstić information content (AvgIpc) is 2.98. The van der Waals surface area contributed by atoms with E-state index in [-0.39, 0.29) is 11.7 Å². The molecule has 6 heteroatoms. The monoisotopic (exact) mass is 318 g/mol. The first-order valence-corrected chi connectivity index (χ1v) is 7.87. The number of carbonyl (C=O) groups is 2. The van der Waals surface area contributed by atoms with E-state index in [1.54, 1.807) is 12.0 Å². The summed E-state index contributed by atoms with van der Waals surface area (Å²) in [4.78, 5) is 22.7. The molecule has 1 heterocycles. The van der Waals surface area contributed by atoms with Gasteiger partial charge in [-0.2, -0.15) is 0 Å². The highest BCUT2D eigenvalue weighted by Gasteiger charge is 2.23. The number of carbonyl (C=O) groups excluding carboxylic acids is 2. The van der Waals surface area contributed by atoms with Crippen LogP contribution in [-0.2, 0) is 14.3 Å². The third-order valence-corrected chi connectivity index (χ3v) is 2.56. The van der Waals surface area contributed by atoms with Gasteiger partial charge in [0.2, 0.25) is 0 Å². The first-order valence-electron chi connectivity index (χ1n) is 7.87.